The van der Waals surface area contributed by atoms with Crippen LogP contribution in [0.2, 0.25) is 0 Å². The summed E-state index contributed by atoms with van der Waals surface area (Å²) in [5.41, 5.74) is -1.15. The number of aromatic amines is 1. The summed E-state index contributed by atoms with van der Waals surface area (Å²) in [5.74, 6) is -30.5. The molecular formula is C35H22F10N2O6. The molecule has 0 atom stereocenters. The number of aliphatic imine (C=N–C) groups is 1. The Morgan fingerprint density at radius 1 is 0.642 bits per heavy atom. The maximum absolute atomic E-state index is 14.4. The largest absolute Gasteiger partial charge is 0.497 e. The summed E-state index contributed by atoms with van der Waals surface area (Å²) in [6.45, 7) is 5.17. The Hall–Kier alpha value is -6.07. The van der Waals surface area contributed by atoms with Crippen molar-refractivity contribution in [2.75, 3.05) is 14.2 Å². The summed E-state index contributed by atoms with van der Waals surface area (Å²) in [6.07, 6.45) is 0. The molecule has 1 N–H and O–H groups in total. The lowest BCUT2D eigenvalue weighted by Gasteiger charge is -2.16. The number of esters is 2. The predicted molar refractivity (Wildman–Crippen MR) is 165 cm³/mol. The Bertz CT molecular complexity index is 2310. The van der Waals surface area contributed by atoms with Gasteiger partial charge in [0.05, 0.1) is 42.5 Å². The van der Waals surface area contributed by atoms with Crippen molar-refractivity contribution in [2.45, 2.75) is 27.7 Å². The van der Waals surface area contributed by atoms with Crippen LogP contribution < -0.4 is 18.9 Å². The normalized spacial score (nSPS) is 13.7. The summed E-state index contributed by atoms with van der Waals surface area (Å²) < 4.78 is 160. The Morgan fingerprint density at radius 3 is 1.58 bits per heavy atom. The van der Waals surface area contributed by atoms with Crippen LogP contribution in [0, 0.1) is 72.0 Å². The van der Waals surface area contributed by atoms with Gasteiger partial charge in [0.1, 0.15) is 11.5 Å². The lowest BCUT2D eigenvalue weighted by atomic mass is 9.93. The van der Waals surface area contributed by atoms with E-state index in [1.54, 1.807) is 0 Å². The van der Waals surface area contributed by atoms with Crippen molar-refractivity contribution < 1.29 is 72.4 Å². The Kier molecular flexibility index (Phi) is 10.2. The molecule has 2 heterocycles. The molecule has 0 radical (unpaired) electrons. The van der Waals surface area contributed by atoms with E-state index in [1.807, 2.05) is 0 Å². The summed E-state index contributed by atoms with van der Waals surface area (Å²) in [7, 11) is 2.63. The molecule has 0 spiro atoms. The number of ether oxygens (including phenoxy) is 4. The van der Waals surface area contributed by atoms with Gasteiger partial charge in [-0.05, 0) is 51.0 Å². The summed E-state index contributed by atoms with van der Waals surface area (Å²) >= 11 is 0. The van der Waals surface area contributed by atoms with E-state index in [9.17, 15) is 53.5 Å². The smallest absolute Gasteiger partial charge is 0.345 e. The minimum atomic E-state index is -2.48. The number of aromatic nitrogens is 1. The standard InChI is InChI=1S/C35H22F10N2O6/c1-10-17(34(48)52-32-26(42)22(38)20(36)23(39)27(32)43)12(3)46-30(10)19(15-8-7-14(50-5)9-16(15)51-6)31-11(2)18(13(4)47-31)35(49)53-33-28(44)24(40)21(37)25(41)29(33)45/h7-9,46H,1-6H3/b31-19-. The number of methoxy groups -OCH3 is 2. The van der Waals surface area contributed by atoms with Crippen molar-refractivity contribution in [3.8, 4) is 23.0 Å². The topological polar surface area (TPSA) is 99.2 Å². The molecule has 5 rings (SSSR count). The van der Waals surface area contributed by atoms with Crippen LogP contribution in [-0.2, 0) is 4.79 Å². The number of H-pyrrole nitrogens is 1. The third kappa shape index (κ3) is 6.27. The number of hydrogen-bond donors (Lipinski definition) is 1. The molecule has 4 aromatic rings. The maximum atomic E-state index is 14.4. The first-order valence-electron chi connectivity index (χ1n) is 14.8. The van der Waals surface area contributed by atoms with Crippen LogP contribution in [0.5, 0.6) is 23.0 Å². The number of aryl methyl sites for hydroxylation is 1. The minimum Gasteiger partial charge on any atom is -0.497 e. The maximum Gasteiger partial charge on any atom is 0.345 e. The van der Waals surface area contributed by atoms with Gasteiger partial charge in [0.15, 0.2) is 0 Å². The molecule has 0 saturated carbocycles. The van der Waals surface area contributed by atoms with Crippen molar-refractivity contribution in [3.63, 3.8) is 0 Å². The van der Waals surface area contributed by atoms with Crippen LogP contribution in [0.1, 0.15) is 46.7 Å². The van der Waals surface area contributed by atoms with Gasteiger partial charge in [0.25, 0.3) is 0 Å². The number of nitrogens with one attached hydrogen (secondary N) is 1. The van der Waals surface area contributed by atoms with Crippen LogP contribution >= 0.6 is 0 Å². The van der Waals surface area contributed by atoms with Crippen molar-refractivity contribution in [3.05, 3.63) is 121 Å². The molecule has 0 amide bonds. The van der Waals surface area contributed by atoms with Crippen LogP contribution in [-0.4, -0.2) is 36.9 Å². The minimum absolute atomic E-state index is 0.00406. The number of halogens is 10. The SMILES string of the molecule is COc1ccc(/C(=C2/N=C(C)C(C(=O)Oc3c(F)c(F)c(F)c(F)c3F)=C2C)c2[nH]c(C)c(C(=O)Oc3c(F)c(F)c(F)c(F)c3F)c2C)c(OC)c1. The second-order valence-electron chi connectivity index (χ2n) is 11.2. The molecule has 3 aromatic carbocycles. The van der Waals surface area contributed by atoms with Crippen LogP contribution in [0.4, 0.5) is 43.9 Å². The molecule has 1 aliphatic heterocycles. The summed E-state index contributed by atoms with van der Waals surface area (Å²) in [5, 5.41) is 0. The van der Waals surface area contributed by atoms with E-state index in [1.165, 1.54) is 60.1 Å². The third-order valence-electron chi connectivity index (χ3n) is 8.11. The number of allylic oxidation sites excluding steroid dienone is 1. The Morgan fingerprint density at radius 2 is 1.11 bits per heavy atom. The number of benzene rings is 3. The van der Waals surface area contributed by atoms with Crippen molar-refractivity contribution in [2.24, 2.45) is 4.99 Å². The highest BCUT2D eigenvalue weighted by Gasteiger charge is 2.35. The average Bonchev–Trinajstić information content (AvgIpc) is 3.60. The molecule has 53 heavy (non-hydrogen) atoms. The van der Waals surface area contributed by atoms with Gasteiger partial charge in [-0.25, -0.2) is 35.9 Å². The Balaban J connectivity index is 1.71. The van der Waals surface area contributed by atoms with Gasteiger partial charge < -0.3 is 23.9 Å². The third-order valence-corrected chi connectivity index (χ3v) is 8.11. The van der Waals surface area contributed by atoms with Crippen molar-refractivity contribution in [1.82, 2.24) is 4.98 Å². The summed E-state index contributed by atoms with van der Waals surface area (Å²) in [4.78, 5) is 33.9. The molecule has 0 unspecified atom stereocenters. The molecular weight excluding hydrogens is 734 g/mol. The molecule has 18 heteroatoms. The first-order chi connectivity index (χ1) is 24.9. The first kappa shape index (κ1) is 38.2. The van der Waals surface area contributed by atoms with Crippen LogP contribution in [0.25, 0.3) is 5.57 Å². The molecule has 0 saturated heterocycles. The van der Waals surface area contributed by atoms with E-state index < -0.39 is 92.7 Å². The van der Waals surface area contributed by atoms with E-state index in [0.29, 0.717) is 5.75 Å². The van der Waals surface area contributed by atoms with E-state index in [4.69, 9.17) is 9.47 Å². The number of carbonyl (C=O) groups excluding carboxylic acids is 2. The lowest BCUT2D eigenvalue weighted by molar-refractivity contribution is -0.130. The van der Waals surface area contributed by atoms with Gasteiger partial charge in [-0.3, -0.25) is 4.99 Å². The molecule has 0 bridgehead atoms. The fraction of sp³-hybridized carbons (Fsp3) is 0.171. The van der Waals surface area contributed by atoms with E-state index in [0.717, 1.165) is 0 Å². The van der Waals surface area contributed by atoms with Crippen LogP contribution in [0.3, 0.4) is 0 Å². The average molecular weight is 757 g/mol. The van der Waals surface area contributed by atoms with Crippen LogP contribution in [0.15, 0.2) is 40.0 Å². The van der Waals surface area contributed by atoms with E-state index in [-0.39, 0.29) is 50.8 Å². The molecule has 1 aromatic heterocycles. The van der Waals surface area contributed by atoms with Gasteiger partial charge in [-0.15, -0.1) is 0 Å². The zero-order valence-electron chi connectivity index (χ0n) is 27.9. The van der Waals surface area contributed by atoms with E-state index in [2.05, 4.69) is 19.5 Å². The molecule has 278 valence electrons. The number of rotatable bonds is 8. The van der Waals surface area contributed by atoms with Gasteiger partial charge in [-0.1, -0.05) is 0 Å². The highest BCUT2D eigenvalue weighted by atomic mass is 19.2. The zero-order chi connectivity index (χ0) is 39.4. The molecule has 0 aliphatic carbocycles. The van der Waals surface area contributed by atoms with Gasteiger partial charge >= 0.3 is 11.9 Å². The number of nitrogens with zero attached hydrogens (tertiary/aromatic N) is 1. The second-order valence-corrected chi connectivity index (χ2v) is 11.2. The zero-order valence-corrected chi connectivity index (χ0v) is 27.9. The quantitative estimate of drug-likeness (QED) is 0.0638. The van der Waals surface area contributed by atoms with Crippen molar-refractivity contribution >= 4 is 23.2 Å². The van der Waals surface area contributed by atoms with Gasteiger partial charge in [0.2, 0.25) is 69.7 Å². The highest BCUT2D eigenvalue weighted by Crippen LogP contribution is 2.43. The monoisotopic (exact) mass is 756 g/mol. The number of carbonyl (C=O) groups is 2. The fourth-order valence-corrected chi connectivity index (χ4v) is 5.57. The molecule has 0 fully saturated rings. The highest BCUT2D eigenvalue weighted by molar-refractivity contribution is 6.23. The lowest BCUT2D eigenvalue weighted by Crippen LogP contribution is -2.19. The van der Waals surface area contributed by atoms with E-state index >= 15 is 0 Å². The van der Waals surface area contributed by atoms with Gasteiger partial charge in [-0.2, -0.15) is 17.6 Å². The predicted octanol–water partition coefficient (Wildman–Crippen LogP) is 8.41. The fourth-order valence-electron chi connectivity index (χ4n) is 5.57. The molecule has 8 nitrogen and oxygen atoms in total. The van der Waals surface area contributed by atoms with Crippen molar-refractivity contribution in [1.29, 1.82) is 0 Å². The summed E-state index contributed by atoms with van der Waals surface area (Å²) in [6, 6.07) is 4.37. The Labute approximate surface area is 291 Å². The second kappa shape index (κ2) is 14.2. The number of hydrogen-bond acceptors (Lipinski definition) is 7. The van der Waals surface area contributed by atoms with Gasteiger partial charge in [0, 0.05) is 22.9 Å². The first-order valence-corrected chi connectivity index (χ1v) is 14.8. The molecule has 1 aliphatic rings.